The van der Waals surface area contributed by atoms with Crippen LogP contribution in [0.5, 0.6) is 5.75 Å². The third-order valence-corrected chi connectivity index (χ3v) is 3.35. The molecule has 1 heterocycles. The number of anilines is 1. The van der Waals surface area contributed by atoms with Crippen LogP contribution >= 0.6 is 0 Å². The molecule has 92 valence electrons. The van der Waals surface area contributed by atoms with E-state index < -0.39 is 11.4 Å². The van der Waals surface area contributed by atoms with Crippen molar-refractivity contribution in [3.63, 3.8) is 0 Å². The lowest BCUT2D eigenvalue weighted by molar-refractivity contribution is -0.147. The molecule has 1 unspecified atom stereocenters. The standard InChI is InChI=1S/C13H17NO3/c1-13(2,12(16)17)6-8-7-14-11-4-3-9(15)5-10(8)11/h3-5,8,14-15H,6-7H2,1-2H3,(H,16,17). The number of hydrogen-bond acceptors (Lipinski definition) is 3. The molecule has 1 aromatic carbocycles. The van der Waals surface area contributed by atoms with Crippen molar-refractivity contribution >= 4 is 11.7 Å². The molecule has 1 aliphatic heterocycles. The number of aromatic hydroxyl groups is 1. The summed E-state index contributed by atoms with van der Waals surface area (Å²) in [5.74, 6) is -0.417. The monoisotopic (exact) mass is 235 g/mol. The van der Waals surface area contributed by atoms with Gasteiger partial charge >= 0.3 is 5.97 Å². The largest absolute Gasteiger partial charge is 0.508 e. The van der Waals surface area contributed by atoms with Crippen LogP contribution in [0.4, 0.5) is 5.69 Å². The van der Waals surface area contributed by atoms with Gasteiger partial charge in [-0.15, -0.1) is 0 Å². The fourth-order valence-corrected chi connectivity index (χ4v) is 2.28. The van der Waals surface area contributed by atoms with E-state index in [1.165, 1.54) is 0 Å². The summed E-state index contributed by atoms with van der Waals surface area (Å²) in [5, 5.41) is 21.8. The summed E-state index contributed by atoms with van der Waals surface area (Å²) in [6, 6.07) is 5.19. The number of aliphatic carboxylic acids is 1. The van der Waals surface area contributed by atoms with Crippen molar-refractivity contribution in [3.05, 3.63) is 23.8 Å². The van der Waals surface area contributed by atoms with E-state index in [4.69, 9.17) is 5.11 Å². The molecule has 1 aliphatic rings. The molecule has 3 N–H and O–H groups in total. The summed E-state index contributed by atoms with van der Waals surface area (Å²) >= 11 is 0. The van der Waals surface area contributed by atoms with E-state index >= 15 is 0 Å². The zero-order valence-electron chi connectivity index (χ0n) is 10.0. The van der Waals surface area contributed by atoms with Gasteiger partial charge in [0.05, 0.1) is 5.41 Å². The molecule has 0 saturated carbocycles. The van der Waals surface area contributed by atoms with E-state index in [-0.39, 0.29) is 11.7 Å². The fraction of sp³-hybridized carbons (Fsp3) is 0.462. The van der Waals surface area contributed by atoms with Crippen LogP contribution in [-0.2, 0) is 4.79 Å². The molecule has 0 fully saturated rings. The second-order valence-corrected chi connectivity index (χ2v) is 5.24. The molecule has 0 aromatic heterocycles. The van der Waals surface area contributed by atoms with Gasteiger partial charge in [0.1, 0.15) is 5.75 Å². The van der Waals surface area contributed by atoms with Crippen LogP contribution in [-0.4, -0.2) is 22.7 Å². The maximum Gasteiger partial charge on any atom is 0.309 e. The Morgan fingerprint density at radius 2 is 2.24 bits per heavy atom. The molecule has 1 aromatic rings. The van der Waals surface area contributed by atoms with Gasteiger partial charge in [-0.3, -0.25) is 4.79 Å². The van der Waals surface area contributed by atoms with Gasteiger partial charge in [0.25, 0.3) is 0 Å². The number of fused-ring (bicyclic) bond motifs is 1. The smallest absolute Gasteiger partial charge is 0.309 e. The number of rotatable bonds is 3. The van der Waals surface area contributed by atoms with Crippen molar-refractivity contribution < 1.29 is 15.0 Å². The minimum atomic E-state index is -0.786. The summed E-state index contributed by atoms with van der Waals surface area (Å²) in [5.41, 5.74) is 1.26. The van der Waals surface area contributed by atoms with Crippen LogP contribution in [0.15, 0.2) is 18.2 Å². The number of carboxylic acids is 1. The van der Waals surface area contributed by atoms with Crippen LogP contribution < -0.4 is 5.32 Å². The number of carbonyl (C=O) groups is 1. The minimum absolute atomic E-state index is 0.142. The number of phenolic OH excluding ortho intramolecular Hbond substituents is 1. The highest BCUT2D eigenvalue weighted by atomic mass is 16.4. The summed E-state index contributed by atoms with van der Waals surface area (Å²) in [4.78, 5) is 11.1. The molecule has 0 aliphatic carbocycles. The molecule has 0 amide bonds. The molecular weight excluding hydrogens is 218 g/mol. The van der Waals surface area contributed by atoms with Crippen LogP contribution in [0, 0.1) is 5.41 Å². The van der Waals surface area contributed by atoms with E-state index in [2.05, 4.69) is 5.32 Å². The quantitative estimate of drug-likeness (QED) is 0.704. The van der Waals surface area contributed by atoms with Gasteiger partial charge in [0, 0.05) is 18.2 Å². The Hall–Kier alpha value is -1.71. The zero-order chi connectivity index (χ0) is 12.6. The van der Waals surface area contributed by atoms with Crippen LogP contribution in [0.2, 0.25) is 0 Å². The molecule has 1 atom stereocenters. The van der Waals surface area contributed by atoms with Gasteiger partial charge in [0.15, 0.2) is 0 Å². The predicted octanol–water partition coefficient (Wildman–Crippen LogP) is 2.40. The van der Waals surface area contributed by atoms with Gasteiger partial charge in [-0.1, -0.05) is 0 Å². The highest BCUT2D eigenvalue weighted by molar-refractivity contribution is 5.74. The molecule has 17 heavy (non-hydrogen) atoms. The van der Waals surface area contributed by atoms with E-state index in [1.54, 1.807) is 26.0 Å². The second-order valence-electron chi connectivity index (χ2n) is 5.24. The molecule has 0 radical (unpaired) electrons. The van der Waals surface area contributed by atoms with Gasteiger partial charge in [-0.2, -0.15) is 0 Å². The van der Waals surface area contributed by atoms with E-state index in [0.29, 0.717) is 6.42 Å². The number of benzene rings is 1. The Balaban J connectivity index is 2.23. The van der Waals surface area contributed by atoms with Gasteiger partial charge in [0.2, 0.25) is 0 Å². The van der Waals surface area contributed by atoms with Gasteiger partial charge < -0.3 is 15.5 Å². The van der Waals surface area contributed by atoms with E-state index in [1.807, 2.05) is 6.07 Å². The van der Waals surface area contributed by atoms with Crippen molar-refractivity contribution in [2.45, 2.75) is 26.2 Å². The molecular formula is C13H17NO3. The first-order valence-corrected chi connectivity index (χ1v) is 5.70. The molecule has 0 saturated heterocycles. The molecule has 0 bridgehead atoms. The lowest BCUT2D eigenvalue weighted by Crippen LogP contribution is -2.26. The predicted molar refractivity (Wildman–Crippen MR) is 65.4 cm³/mol. The summed E-state index contributed by atoms with van der Waals surface area (Å²) in [6.45, 7) is 4.20. The first-order chi connectivity index (χ1) is 7.90. The maximum atomic E-state index is 11.1. The Labute approximate surface area is 100 Å². The molecule has 4 nitrogen and oxygen atoms in total. The Bertz CT molecular complexity index is 454. The first-order valence-electron chi connectivity index (χ1n) is 5.70. The maximum absolute atomic E-state index is 11.1. The Kier molecular flexibility index (Phi) is 2.73. The van der Waals surface area contributed by atoms with E-state index in [0.717, 1.165) is 17.8 Å². The average molecular weight is 235 g/mol. The van der Waals surface area contributed by atoms with Gasteiger partial charge in [-0.25, -0.2) is 0 Å². The highest BCUT2D eigenvalue weighted by Crippen LogP contribution is 2.40. The summed E-state index contributed by atoms with van der Waals surface area (Å²) in [6.07, 6.45) is 0.561. The minimum Gasteiger partial charge on any atom is -0.508 e. The van der Waals surface area contributed by atoms with Crippen molar-refractivity contribution in [3.8, 4) is 5.75 Å². The number of nitrogens with one attached hydrogen (secondary N) is 1. The topological polar surface area (TPSA) is 69.6 Å². The van der Waals surface area contributed by atoms with Crippen molar-refractivity contribution in [1.29, 1.82) is 0 Å². The van der Waals surface area contributed by atoms with Crippen LogP contribution in [0.1, 0.15) is 31.7 Å². The van der Waals surface area contributed by atoms with E-state index in [9.17, 15) is 9.90 Å². The van der Waals surface area contributed by atoms with Gasteiger partial charge in [-0.05, 0) is 44.0 Å². The molecule has 2 rings (SSSR count). The van der Waals surface area contributed by atoms with Crippen molar-refractivity contribution in [2.75, 3.05) is 11.9 Å². The SMILES string of the molecule is CC(C)(CC1CNc2ccc(O)cc21)C(=O)O. The Morgan fingerprint density at radius 1 is 1.53 bits per heavy atom. The van der Waals surface area contributed by atoms with Crippen molar-refractivity contribution in [2.24, 2.45) is 5.41 Å². The molecule has 0 spiro atoms. The number of hydrogen-bond donors (Lipinski definition) is 3. The lowest BCUT2D eigenvalue weighted by Gasteiger charge is -2.23. The second kappa shape index (κ2) is 3.95. The third-order valence-electron chi connectivity index (χ3n) is 3.35. The third kappa shape index (κ3) is 2.20. The number of phenols is 1. The highest BCUT2D eigenvalue weighted by Gasteiger charge is 2.34. The lowest BCUT2D eigenvalue weighted by atomic mass is 9.81. The summed E-state index contributed by atoms with van der Waals surface area (Å²) < 4.78 is 0. The normalized spacial score (nSPS) is 18.6. The Morgan fingerprint density at radius 3 is 2.88 bits per heavy atom. The molecule has 4 heteroatoms. The fourth-order valence-electron chi connectivity index (χ4n) is 2.28. The average Bonchev–Trinajstić information content (AvgIpc) is 2.60. The summed E-state index contributed by atoms with van der Waals surface area (Å²) in [7, 11) is 0. The number of carboxylic acid groups (broad SMARTS) is 1. The zero-order valence-corrected chi connectivity index (χ0v) is 10.0. The van der Waals surface area contributed by atoms with Crippen molar-refractivity contribution in [1.82, 2.24) is 0 Å². The van der Waals surface area contributed by atoms with Crippen LogP contribution in [0.3, 0.4) is 0 Å². The first kappa shape index (κ1) is 11.8. The van der Waals surface area contributed by atoms with Crippen LogP contribution in [0.25, 0.3) is 0 Å².